The summed E-state index contributed by atoms with van der Waals surface area (Å²) in [6, 6.07) is 25.8. The molecule has 0 spiro atoms. The van der Waals surface area contributed by atoms with E-state index in [9.17, 15) is 15.0 Å². The van der Waals surface area contributed by atoms with Gasteiger partial charge in [-0.2, -0.15) is 0 Å². The summed E-state index contributed by atoms with van der Waals surface area (Å²) in [6.07, 6.45) is 0. The summed E-state index contributed by atoms with van der Waals surface area (Å²) in [4.78, 5) is 16.1. The van der Waals surface area contributed by atoms with Crippen molar-refractivity contribution >= 4 is 5.78 Å². The van der Waals surface area contributed by atoms with Gasteiger partial charge in [0.1, 0.15) is 0 Å². The van der Waals surface area contributed by atoms with Gasteiger partial charge in [-0.25, -0.2) is 0 Å². The number of hydrogen-bond acceptors (Lipinski definition) is 4. The normalized spacial score (nSPS) is 21.3. The number of benzene rings is 3. The molecule has 1 saturated heterocycles. The monoisotopic (exact) mass is 443 g/mol. The lowest BCUT2D eigenvalue weighted by atomic mass is 9.67. The predicted molar refractivity (Wildman–Crippen MR) is 132 cm³/mol. The van der Waals surface area contributed by atoms with Crippen molar-refractivity contribution in [2.24, 2.45) is 5.92 Å². The average molecular weight is 444 g/mol. The van der Waals surface area contributed by atoms with Crippen molar-refractivity contribution in [2.45, 2.75) is 31.7 Å². The van der Waals surface area contributed by atoms with Crippen LogP contribution in [0, 0.1) is 19.8 Å². The zero-order valence-corrected chi connectivity index (χ0v) is 19.4. The quantitative estimate of drug-likeness (QED) is 0.534. The first-order valence-electron chi connectivity index (χ1n) is 11.7. The summed E-state index contributed by atoms with van der Waals surface area (Å²) < 4.78 is 0. The van der Waals surface area contributed by atoms with Gasteiger partial charge in [0.15, 0.2) is 5.78 Å². The van der Waals surface area contributed by atoms with Gasteiger partial charge in [-0.15, -0.1) is 0 Å². The molecule has 0 amide bonds. The van der Waals surface area contributed by atoms with Gasteiger partial charge in [-0.1, -0.05) is 78.9 Å². The minimum absolute atomic E-state index is 0.00529. The first kappa shape index (κ1) is 23.4. The molecule has 4 nitrogen and oxygen atoms in total. The highest BCUT2D eigenvalue weighted by atomic mass is 16.3. The third kappa shape index (κ3) is 4.79. The van der Waals surface area contributed by atoms with E-state index < -0.39 is 0 Å². The topological polar surface area (TPSA) is 60.8 Å². The number of aliphatic hydroxyl groups excluding tert-OH is 2. The SMILES string of the molecule is Cc1cccc([C@H]2[C@@H](C(=O)c3ccccc3)CN(C(CO)CO)C[C@@H]2c2ccccc2)c1C. The molecule has 0 saturated carbocycles. The second kappa shape index (κ2) is 10.4. The first-order chi connectivity index (χ1) is 16.0. The van der Waals surface area contributed by atoms with Crippen molar-refractivity contribution in [1.82, 2.24) is 4.90 Å². The van der Waals surface area contributed by atoms with Crippen LogP contribution in [0.1, 0.15) is 44.4 Å². The molecule has 0 aromatic heterocycles. The van der Waals surface area contributed by atoms with Crippen LogP contribution < -0.4 is 0 Å². The fourth-order valence-corrected chi connectivity index (χ4v) is 5.32. The van der Waals surface area contributed by atoms with Crippen LogP contribution in [-0.2, 0) is 0 Å². The van der Waals surface area contributed by atoms with E-state index in [-0.39, 0.29) is 42.8 Å². The van der Waals surface area contributed by atoms with Crippen LogP contribution in [0.25, 0.3) is 0 Å². The largest absolute Gasteiger partial charge is 0.395 e. The zero-order valence-electron chi connectivity index (χ0n) is 19.4. The summed E-state index contributed by atoms with van der Waals surface area (Å²) in [6.45, 7) is 5.16. The molecule has 172 valence electrons. The Hall–Kier alpha value is -2.79. The van der Waals surface area contributed by atoms with Gasteiger partial charge >= 0.3 is 0 Å². The molecule has 3 aromatic carbocycles. The Morgan fingerprint density at radius 2 is 1.52 bits per heavy atom. The molecule has 1 fully saturated rings. The van der Waals surface area contributed by atoms with E-state index in [2.05, 4.69) is 49.1 Å². The fraction of sp³-hybridized carbons (Fsp3) is 0.345. The predicted octanol–water partition coefficient (Wildman–Crippen LogP) is 4.34. The van der Waals surface area contributed by atoms with Gasteiger partial charge in [0.05, 0.1) is 19.3 Å². The highest BCUT2D eigenvalue weighted by molar-refractivity contribution is 5.98. The smallest absolute Gasteiger partial charge is 0.167 e. The van der Waals surface area contributed by atoms with Gasteiger partial charge < -0.3 is 10.2 Å². The molecule has 3 aromatic rings. The van der Waals surface area contributed by atoms with Crippen molar-refractivity contribution < 1.29 is 15.0 Å². The first-order valence-corrected chi connectivity index (χ1v) is 11.7. The zero-order chi connectivity index (χ0) is 23.4. The molecule has 0 radical (unpaired) electrons. The van der Waals surface area contributed by atoms with Gasteiger partial charge in [-0.05, 0) is 36.1 Å². The second-order valence-corrected chi connectivity index (χ2v) is 9.14. The van der Waals surface area contributed by atoms with E-state index in [4.69, 9.17) is 0 Å². The van der Waals surface area contributed by atoms with Gasteiger partial charge in [-0.3, -0.25) is 9.69 Å². The number of aliphatic hydroxyl groups is 2. The average Bonchev–Trinajstić information content (AvgIpc) is 2.87. The third-order valence-electron chi connectivity index (χ3n) is 7.30. The van der Waals surface area contributed by atoms with Crippen LogP contribution in [0.4, 0.5) is 0 Å². The van der Waals surface area contributed by atoms with Crippen molar-refractivity contribution in [3.05, 3.63) is 107 Å². The van der Waals surface area contributed by atoms with Crippen LogP contribution in [0.3, 0.4) is 0 Å². The van der Waals surface area contributed by atoms with Crippen molar-refractivity contribution in [3.8, 4) is 0 Å². The lowest BCUT2D eigenvalue weighted by Crippen LogP contribution is -2.53. The fourth-order valence-electron chi connectivity index (χ4n) is 5.32. The van der Waals surface area contributed by atoms with E-state index in [0.717, 1.165) is 0 Å². The Balaban J connectivity index is 1.87. The Labute approximate surface area is 196 Å². The minimum Gasteiger partial charge on any atom is -0.395 e. The molecule has 0 aliphatic carbocycles. The molecule has 1 aliphatic rings. The Morgan fingerprint density at radius 3 is 2.15 bits per heavy atom. The maximum atomic E-state index is 13.9. The van der Waals surface area contributed by atoms with Crippen molar-refractivity contribution in [1.29, 1.82) is 0 Å². The second-order valence-electron chi connectivity index (χ2n) is 9.14. The maximum absolute atomic E-state index is 13.9. The van der Waals surface area contributed by atoms with Gasteiger partial charge in [0.2, 0.25) is 0 Å². The molecule has 33 heavy (non-hydrogen) atoms. The molecule has 4 rings (SSSR count). The highest BCUT2D eigenvalue weighted by Gasteiger charge is 2.44. The minimum atomic E-state index is -0.387. The van der Waals surface area contributed by atoms with E-state index >= 15 is 0 Å². The Morgan fingerprint density at radius 1 is 0.879 bits per heavy atom. The molecular formula is C29H33NO3. The number of carbonyl (C=O) groups excluding carboxylic acids is 1. The molecule has 1 aliphatic heterocycles. The standard InChI is InChI=1S/C29H33NO3/c1-20-10-9-15-25(21(20)2)28-26(22-11-5-3-6-12-22)16-30(24(18-31)19-32)17-27(28)29(33)23-13-7-4-8-14-23/h3-15,24,26-28,31-32H,16-19H2,1-2H3/t26-,27+,28-/m1/s1. The molecule has 2 N–H and O–H groups in total. The van der Waals surface area contributed by atoms with Gasteiger partial charge in [0, 0.05) is 36.4 Å². The number of aryl methyl sites for hydroxylation is 1. The Kier molecular flexibility index (Phi) is 7.39. The van der Waals surface area contributed by atoms with Crippen LogP contribution in [0.5, 0.6) is 0 Å². The lowest BCUT2D eigenvalue weighted by molar-refractivity contribution is 0.0272. The lowest BCUT2D eigenvalue weighted by Gasteiger charge is -2.46. The molecular weight excluding hydrogens is 410 g/mol. The number of nitrogens with zero attached hydrogens (tertiary/aromatic N) is 1. The molecule has 0 bridgehead atoms. The third-order valence-corrected chi connectivity index (χ3v) is 7.30. The van der Waals surface area contributed by atoms with E-state index in [1.54, 1.807) is 0 Å². The summed E-state index contributed by atoms with van der Waals surface area (Å²) >= 11 is 0. The number of Topliss-reactive ketones (excluding diaryl/α,β-unsaturated/α-hetero) is 1. The van der Waals surface area contributed by atoms with E-state index in [1.807, 2.05) is 48.5 Å². The number of rotatable bonds is 7. The van der Waals surface area contributed by atoms with E-state index in [0.29, 0.717) is 18.7 Å². The van der Waals surface area contributed by atoms with Gasteiger partial charge in [0.25, 0.3) is 0 Å². The number of likely N-dealkylation sites (tertiary alicyclic amines) is 1. The number of piperidine rings is 1. The summed E-state index contributed by atoms with van der Waals surface area (Å²) in [5.74, 6) is -0.137. The summed E-state index contributed by atoms with van der Waals surface area (Å²) in [7, 11) is 0. The molecule has 4 heteroatoms. The Bertz CT molecular complexity index is 1060. The van der Waals surface area contributed by atoms with Crippen LogP contribution in [0.15, 0.2) is 78.9 Å². The summed E-state index contributed by atoms with van der Waals surface area (Å²) in [5, 5.41) is 19.9. The number of carbonyl (C=O) groups is 1. The molecule has 1 heterocycles. The number of hydrogen-bond donors (Lipinski definition) is 2. The van der Waals surface area contributed by atoms with Crippen molar-refractivity contribution in [3.63, 3.8) is 0 Å². The molecule has 3 atom stereocenters. The maximum Gasteiger partial charge on any atom is 0.167 e. The summed E-state index contributed by atoms with van der Waals surface area (Å²) in [5.41, 5.74) is 5.53. The van der Waals surface area contributed by atoms with Crippen LogP contribution >= 0.6 is 0 Å². The van der Waals surface area contributed by atoms with Crippen LogP contribution in [0.2, 0.25) is 0 Å². The van der Waals surface area contributed by atoms with Crippen molar-refractivity contribution in [2.75, 3.05) is 26.3 Å². The number of ketones is 1. The van der Waals surface area contributed by atoms with Crippen LogP contribution in [-0.4, -0.2) is 53.2 Å². The van der Waals surface area contributed by atoms with E-state index in [1.165, 1.54) is 22.3 Å². The molecule has 0 unspecified atom stereocenters. The highest BCUT2D eigenvalue weighted by Crippen LogP contribution is 2.46.